The second-order valence-electron chi connectivity index (χ2n) is 7.75. The Bertz CT molecular complexity index is 374. The van der Waals surface area contributed by atoms with Gasteiger partial charge < -0.3 is 19.9 Å². The summed E-state index contributed by atoms with van der Waals surface area (Å²) in [6, 6.07) is 0. The van der Waals surface area contributed by atoms with Crippen LogP contribution in [0.5, 0.6) is 0 Å². The Morgan fingerprint density at radius 2 is 1.84 bits per heavy atom. The molecule has 0 saturated carbocycles. The SMILES string of the molecule is CCCN1CCC(CN=C(NCC)N(C)CCC2CCOCC2)CC1. The molecule has 146 valence electrons. The van der Waals surface area contributed by atoms with Crippen LogP contribution in [-0.2, 0) is 4.74 Å². The zero-order chi connectivity index (χ0) is 17.9. The molecule has 2 rings (SSSR count). The highest BCUT2D eigenvalue weighted by atomic mass is 16.5. The standard InChI is InChI=1S/C20H40N4O/c1-4-11-24-13-7-19(8-14-24)17-22-20(21-5-2)23(3)12-6-18-9-15-25-16-10-18/h18-19H,4-17H2,1-3H3,(H,21,22). The predicted molar refractivity (Wildman–Crippen MR) is 106 cm³/mol. The normalized spacial score (nSPS) is 21.5. The molecule has 2 saturated heterocycles. The van der Waals surface area contributed by atoms with Crippen LogP contribution >= 0.6 is 0 Å². The van der Waals surface area contributed by atoms with Crippen molar-refractivity contribution < 1.29 is 4.74 Å². The van der Waals surface area contributed by atoms with Gasteiger partial charge in [0.05, 0.1) is 0 Å². The van der Waals surface area contributed by atoms with Crippen LogP contribution in [0.4, 0.5) is 0 Å². The van der Waals surface area contributed by atoms with Crippen LogP contribution in [0.1, 0.15) is 52.4 Å². The lowest BCUT2D eigenvalue weighted by molar-refractivity contribution is 0.0625. The van der Waals surface area contributed by atoms with Crippen molar-refractivity contribution in [1.82, 2.24) is 15.1 Å². The summed E-state index contributed by atoms with van der Waals surface area (Å²) in [4.78, 5) is 9.89. The van der Waals surface area contributed by atoms with E-state index in [-0.39, 0.29) is 0 Å². The average Bonchev–Trinajstić information content (AvgIpc) is 2.65. The van der Waals surface area contributed by atoms with Gasteiger partial charge >= 0.3 is 0 Å². The number of piperidine rings is 1. The van der Waals surface area contributed by atoms with E-state index in [1.807, 2.05) is 0 Å². The Hall–Kier alpha value is -0.810. The first-order valence-electron chi connectivity index (χ1n) is 10.5. The Labute approximate surface area is 155 Å². The van der Waals surface area contributed by atoms with Crippen LogP contribution in [0, 0.1) is 11.8 Å². The predicted octanol–water partition coefficient (Wildman–Crippen LogP) is 2.82. The average molecular weight is 353 g/mol. The summed E-state index contributed by atoms with van der Waals surface area (Å²) < 4.78 is 5.47. The first kappa shape index (κ1) is 20.5. The van der Waals surface area contributed by atoms with Crippen LogP contribution in [-0.4, -0.2) is 75.3 Å². The molecule has 2 fully saturated rings. The molecule has 2 heterocycles. The molecule has 0 atom stereocenters. The van der Waals surface area contributed by atoms with Gasteiger partial charge in [-0.25, -0.2) is 0 Å². The molecule has 5 nitrogen and oxygen atoms in total. The van der Waals surface area contributed by atoms with Gasteiger partial charge in [0, 0.05) is 39.9 Å². The van der Waals surface area contributed by atoms with Crippen molar-refractivity contribution in [1.29, 1.82) is 0 Å². The van der Waals surface area contributed by atoms with E-state index < -0.39 is 0 Å². The van der Waals surface area contributed by atoms with E-state index in [9.17, 15) is 0 Å². The Kier molecular flexibility index (Phi) is 9.63. The highest BCUT2D eigenvalue weighted by Gasteiger charge is 2.19. The molecule has 0 amide bonds. The van der Waals surface area contributed by atoms with Gasteiger partial charge in [-0.2, -0.15) is 0 Å². The lowest BCUT2D eigenvalue weighted by Crippen LogP contribution is -2.41. The number of ether oxygens (including phenoxy) is 1. The highest BCUT2D eigenvalue weighted by Crippen LogP contribution is 2.19. The fourth-order valence-corrected chi connectivity index (χ4v) is 3.91. The van der Waals surface area contributed by atoms with Gasteiger partial charge in [0.15, 0.2) is 5.96 Å². The third kappa shape index (κ3) is 7.53. The largest absolute Gasteiger partial charge is 0.381 e. The van der Waals surface area contributed by atoms with Gasteiger partial charge in [-0.3, -0.25) is 4.99 Å². The van der Waals surface area contributed by atoms with Crippen LogP contribution in [0.3, 0.4) is 0 Å². The van der Waals surface area contributed by atoms with Crippen LogP contribution < -0.4 is 5.32 Å². The van der Waals surface area contributed by atoms with E-state index in [1.54, 1.807) is 0 Å². The quantitative estimate of drug-likeness (QED) is 0.539. The van der Waals surface area contributed by atoms with Gasteiger partial charge in [-0.05, 0) is 76.9 Å². The molecule has 2 aliphatic heterocycles. The summed E-state index contributed by atoms with van der Waals surface area (Å²) >= 11 is 0. The second kappa shape index (κ2) is 11.7. The van der Waals surface area contributed by atoms with Gasteiger partial charge in [0.2, 0.25) is 0 Å². The number of rotatable bonds is 8. The fourth-order valence-electron chi connectivity index (χ4n) is 3.91. The molecule has 0 bridgehead atoms. The van der Waals surface area contributed by atoms with Crippen molar-refractivity contribution in [2.75, 3.05) is 59.5 Å². The van der Waals surface area contributed by atoms with E-state index in [2.05, 4.69) is 36.0 Å². The third-order valence-electron chi connectivity index (χ3n) is 5.66. The number of likely N-dealkylation sites (tertiary alicyclic amines) is 1. The zero-order valence-electron chi connectivity index (χ0n) is 16.8. The zero-order valence-corrected chi connectivity index (χ0v) is 16.8. The summed E-state index contributed by atoms with van der Waals surface area (Å²) in [6.07, 6.45) is 7.56. The van der Waals surface area contributed by atoms with Crippen molar-refractivity contribution >= 4 is 5.96 Å². The second-order valence-corrected chi connectivity index (χ2v) is 7.75. The third-order valence-corrected chi connectivity index (χ3v) is 5.66. The van der Waals surface area contributed by atoms with E-state index in [0.29, 0.717) is 0 Å². The Morgan fingerprint density at radius 1 is 1.12 bits per heavy atom. The first-order valence-corrected chi connectivity index (χ1v) is 10.5. The van der Waals surface area contributed by atoms with E-state index in [4.69, 9.17) is 9.73 Å². The molecular formula is C20H40N4O. The lowest BCUT2D eigenvalue weighted by Gasteiger charge is -2.31. The molecule has 0 spiro atoms. The molecule has 0 unspecified atom stereocenters. The Morgan fingerprint density at radius 3 is 2.48 bits per heavy atom. The maximum atomic E-state index is 5.47. The number of guanidine groups is 1. The highest BCUT2D eigenvalue weighted by molar-refractivity contribution is 5.79. The summed E-state index contributed by atoms with van der Waals surface area (Å²) in [5.74, 6) is 2.66. The molecule has 0 aliphatic carbocycles. The monoisotopic (exact) mass is 352 g/mol. The molecule has 0 aromatic carbocycles. The maximum absolute atomic E-state index is 5.47. The van der Waals surface area contributed by atoms with E-state index in [1.165, 1.54) is 58.2 Å². The number of hydrogen-bond donors (Lipinski definition) is 1. The van der Waals surface area contributed by atoms with Gasteiger partial charge in [-0.15, -0.1) is 0 Å². The van der Waals surface area contributed by atoms with Crippen molar-refractivity contribution in [3.05, 3.63) is 0 Å². The van der Waals surface area contributed by atoms with Crippen molar-refractivity contribution in [3.8, 4) is 0 Å². The fraction of sp³-hybridized carbons (Fsp3) is 0.950. The van der Waals surface area contributed by atoms with Crippen molar-refractivity contribution in [3.63, 3.8) is 0 Å². The number of aliphatic imine (C=N–C) groups is 1. The summed E-state index contributed by atoms with van der Waals surface area (Å²) in [7, 11) is 2.19. The molecule has 1 N–H and O–H groups in total. The minimum absolute atomic E-state index is 0.755. The summed E-state index contributed by atoms with van der Waals surface area (Å²) in [6.45, 7) is 13.1. The first-order chi connectivity index (χ1) is 12.2. The van der Waals surface area contributed by atoms with Gasteiger partial charge in [-0.1, -0.05) is 6.92 Å². The van der Waals surface area contributed by atoms with Gasteiger partial charge in [0.1, 0.15) is 0 Å². The van der Waals surface area contributed by atoms with Crippen LogP contribution in [0.25, 0.3) is 0 Å². The summed E-state index contributed by atoms with van der Waals surface area (Å²) in [5.41, 5.74) is 0. The van der Waals surface area contributed by atoms with Crippen LogP contribution in [0.15, 0.2) is 4.99 Å². The van der Waals surface area contributed by atoms with Gasteiger partial charge in [0.25, 0.3) is 0 Å². The number of hydrogen-bond acceptors (Lipinski definition) is 3. The lowest BCUT2D eigenvalue weighted by atomic mass is 9.96. The molecule has 2 aliphatic rings. The minimum Gasteiger partial charge on any atom is -0.381 e. The van der Waals surface area contributed by atoms with Crippen LogP contribution in [0.2, 0.25) is 0 Å². The molecule has 0 aromatic rings. The minimum atomic E-state index is 0.755. The molecule has 25 heavy (non-hydrogen) atoms. The molecule has 0 radical (unpaired) electrons. The molecule has 5 heteroatoms. The number of nitrogens with one attached hydrogen (secondary N) is 1. The van der Waals surface area contributed by atoms with E-state index in [0.717, 1.165) is 50.6 Å². The molecule has 0 aromatic heterocycles. The van der Waals surface area contributed by atoms with Crippen molar-refractivity contribution in [2.45, 2.75) is 52.4 Å². The summed E-state index contributed by atoms with van der Waals surface area (Å²) in [5, 5.41) is 3.48. The Balaban J connectivity index is 1.74. The number of nitrogens with zero attached hydrogens (tertiary/aromatic N) is 3. The topological polar surface area (TPSA) is 40.1 Å². The molecular weight excluding hydrogens is 312 g/mol. The smallest absolute Gasteiger partial charge is 0.193 e. The maximum Gasteiger partial charge on any atom is 0.193 e. The van der Waals surface area contributed by atoms with E-state index >= 15 is 0 Å². The van der Waals surface area contributed by atoms with Crippen molar-refractivity contribution in [2.24, 2.45) is 16.8 Å².